The molecule has 0 radical (unpaired) electrons. The number of H-pyrrole nitrogens is 1. The number of piperidine rings is 1. The lowest BCUT2D eigenvalue weighted by Gasteiger charge is -2.40. The number of benzene rings is 1. The summed E-state index contributed by atoms with van der Waals surface area (Å²) in [7, 11) is 2.17. The quantitative estimate of drug-likeness (QED) is 0.819. The number of hydrogen-bond acceptors (Lipinski definition) is 3. The number of nitrogens with one attached hydrogen (secondary N) is 1. The van der Waals surface area contributed by atoms with Crippen LogP contribution in [0.1, 0.15) is 58.4 Å². The Kier molecular flexibility index (Phi) is 5.80. The van der Waals surface area contributed by atoms with Gasteiger partial charge in [0.15, 0.2) is 0 Å². The molecule has 2 unspecified atom stereocenters. The minimum absolute atomic E-state index is 0.00547. The number of rotatable bonds is 5. The van der Waals surface area contributed by atoms with Crippen molar-refractivity contribution in [2.75, 3.05) is 20.1 Å². The molecule has 30 heavy (non-hydrogen) atoms. The highest BCUT2D eigenvalue weighted by molar-refractivity contribution is 5.82. The van der Waals surface area contributed by atoms with Crippen LogP contribution in [0.2, 0.25) is 0 Å². The van der Waals surface area contributed by atoms with Crippen LogP contribution in [0.3, 0.4) is 0 Å². The van der Waals surface area contributed by atoms with E-state index in [1.54, 1.807) is 0 Å². The van der Waals surface area contributed by atoms with Crippen molar-refractivity contribution in [1.29, 1.82) is 0 Å². The molecule has 2 aromatic rings. The molecule has 0 aliphatic carbocycles. The van der Waals surface area contributed by atoms with E-state index in [1.807, 2.05) is 37.5 Å². The Morgan fingerprint density at radius 1 is 1.27 bits per heavy atom. The Balaban J connectivity index is 1.36. The van der Waals surface area contributed by atoms with Crippen molar-refractivity contribution in [3.05, 3.63) is 34.2 Å². The molecule has 0 saturated carbocycles. The van der Waals surface area contributed by atoms with Crippen molar-refractivity contribution in [1.82, 2.24) is 19.4 Å². The first-order chi connectivity index (χ1) is 14.3. The Morgan fingerprint density at radius 2 is 2.07 bits per heavy atom. The highest BCUT2D eigenvalue weighted by atomic mass is 16.2. The van der Waals surface area contributed by atoms with Gasteiger partial charge in [0, 0.05) is 30.6 Å². The standard InChI is InChI=1S/C24H36N4O2/c1-24(2,3)22(29)27-14-6-5-10-18(27)11-8-13-26(4)19-15-17-9-7-12-20-21(17)28(16-19)23(30)25-20/h7,9,12,18-19H,5-6,8,10-11,13-16H2,1-4H3,(H,25,30). The summed E-state index contributed by atoms with van der Waals surface area (Å²) in [5.41, 5.74) is 2.96. The molecule has 1 amide bonds. The van der Waals surface area contributed by atoms with E-state index in [4.69, 9.17) is 0 Å². The third-order valence-corrected chi connectivity index (χ3v) is 6.93. The Hall–Kier alpha value is -2.08. The summed E-state index contributed by atoms with van der Waals surface area (Å²) in [5, 5.41) is 0. The SMILES string of the molecule is CN(CCCC1CCCCN1C(=O)C(C)(C)C)C1Cc2cccc3[nH]c(=O)n(c23)C1. The molecule has 1 fully saturated rings. The fourth-order valence-corrected chi connectivity index (χ4v) is 5.22. The number of imidazole rings is 1. The summed E-state index contributed by atoms with van der Waals surface area (Å²) in [6.45, 7) is 8.71. The van der Waals surface area contributed by atoms with Crippen molar-refractivity contribution < 1.29 is 4.79 Å². The van der Waals surface area contributed by atoms with Crippen LogP contribution in [0.15, 0.2) is 23.0 Å². The molecule has 3 heterocycles. The van der Waals surface area contributed by atoms with Crippen molar-refractivity contribution >= 4 is 16.9 Å². The number of nitrogens with zero attached hydrogens (tertiary/aromatic N) is 3. The fourth-order valence-electron chi connectivity index (χ4n) is 5.22. The van der Waals surface area contributed by atoms with Crippen LogP contribution in [0, 0.1) is 5.41 Å². The lowest BCUT2D eigenvalue weighted by molar-refractivity contribution is -0.143. The minimum atomic E-state index is -0.309. The van der Waals surface area contributed by atoms with E-state index < -0.39 is 0 Å². The summed E-state index contributed by atoms with van der Waals surface area (Å²) in [5.74, 6) is 0.292. The van der Waals surface area contributed by atoms with E-state index in [0.29, 0.717) is 18.0 Å². The van der Waals surface area contributed by atoms with Crippen LogP contribution in [-0.4, -0.2) is 57.5 Å². The molecule has 0 spiro atoms. The predicted molar refractivity (Wildman–Crippen MR) is 121 cm³/mol. The van der Waals surface area contributed by atoms with Gasteiger partial charge in [-0.2, -0.15) is 0 Å². The number of aromatic amines is 1. The maximum absolute atomic E-state index is 12.9. The highest BCUT2D eigenvalue weighted by Crippen LogP contribution is 2.28. The first-order valence-corrected chi connectivity index (χ1v) is 11.5. The van der Waals surface area contributed by atoms with Crippen LogP contribution in [0.5, 0.6) is 0 Å². The molecule has 1 aromatic heterocycles. The molecule has 1 saturated heterocycles. The maximum atomic E-state index is 12.9. The summed E-state index contributed by atoms with van der Waals surface area (Å²) in [6.07, 6.45) is 6.58. The second-order valence-corrected chi connectivity index (χ2v) is 10.2. The highest BCUT2D eigenvalue weighted by Gasteiger charge is 2.33. The van der Waals surface area contributed by atoms with Crippen LogP contribution in [-0.2, 0) is 17.8 Å². The number of aromatic nitrogens is 2. The minimum Gasteiger partial charge on any atom is -0.339 e. The van der Waals surface area contributed by atoms with Gasteiger partial charge in [-0.25, -0.2) is 4.79 Å². The van der Waals surface area contributed by atoms with E-state index in [2.05, 4.69) is 27.9 Å². The summed E-state index contributed by atoms with van der Waals surface area (Å²) < 4.78 is 1.90. The Bertz CT molecular complexity index is 968. The smallest absolute Gasteiger partial charge is 0.326 e. The molecule has 0 bridgehead atoms. The molecule has 164 valence electrons. The van der Waals surface area contributed by atoms with Gasteiger partial charge in [-0.15, -0.1) is 0 Å². The third kappa shape index (κ3) is 4.07. The third-order valence-electron chi connectivity index (χ3n) is 6.93. The molecule has 2 atom stereocenters. The zero-order valence-corrected chi connectivity index (χ0v) is 18.9. The second kappa shape index (κ2) is 8.22. The van der Waals surface area contributed by atoms with Gasteiger partial charge >= 0.3 is 5.69 Å². The number of hydrogen-bond donors (Lipinski definition) is 1. The zero-order chi connectivity index (χ0) is 21.5. The van der Waals surface area contributed by atoms with E-state index in [1.165, 1.54) is 12.0 Å². The normalized spacial score (nSPS) is 22.1. The molecule has 2 aliphatic rings. The maximum Gasteiger partial charge on any atom is 0.326 e. The molecule has 6 heteroatoms. The van der Waals surface area contributed by atoms with Crippen molar-refractivity contribution in [2.24, 2.45) is 5.41 Å². The van der Waals surface area contributed by atoms with Crippen molar-refractivity contribution in [3.8, 4) is 0 Å². The van der Waals surface area contributed by atoms with E-state index in [-0.39, 0.29) is 11.1 Å². The zero-order valence-electron chi connectivity index (χ0n) is 18.9. The number of likely N-dealkylation sites (tertiary alicyclic amines) is 1. The Morgan fingerprint density at radius 3 is 2.83 bits per heavy atom. The van der Waals surface area contributed by atoms with E-state index >= 15 is 0 Å². The Labute approximate surface area is 179 Å². The lowest BCUT2D eigenvalue weighted by Crippen LogP contribution is -2.48. The number of amides is 1. The van der Waals surface area contributed by atoms with Gasteiger partial charge in [-0.3, -0.25) is 9.36 Å². The summed E-state index contributed by atoms with van der Waals surface area (Å²) in [6, 6.07) is 6.86. The van der Waals surface area contributed by atoms with Gasteiger partial charge in [0.25, 0.3) is 0 Å². The van der Waals surface area contributed by atoms with E-state index in [0.717, 1.165) is 62.8 Å². The van der Waals surface area contributed by atoms with Gasteiger partial charge in [0.2, 0.25) is 5.91 Å². The molecule has 4 rings (SSSR count). The van der Waals surface area contributed by atoms with Crippen molar-refractivity contribution in [3.63, 3.8) is 0 Å². The molecule has 1 aromatic carbocycles. The number of carbonyl (C=O) groups is 1. The fraction of sp³-hybridized carbons (Fsp3) is 0.667. The molecule has 1 N–H and O–H groups in total. The first-order valence-electron chi connectivity index (χ1n) is 11.5. The largest absolute Gasteiger partial charge is 0.339 e. The van der Waals surface area contributed by atoms with Gasteiger partial charge < -0.3 is 14.8 Å². The topological polar surface area (TPSA) is 61.3 Å². The first kappa shape index (κ1) is 21.2. The van der Waals surface area contributed by atoms with Crippen molar-refractivity contribution in [2.45, 2.75) is 77.9 Å². The number of para-hydroxylation sites is 1. The second-order valence-electron chi connectivity index (χ2n) is 10.2. The predicted octanol–water partition coefficient (Wildman–Crippen LogP) is 3.39. The molecule has 6 nitrogen and oxygen atoms in total. The van der Waals surface area contributed by atoms with Crippen LogP contribution >= 0.6 is 0 Å². The summed E-state index contributed by atoms with van der Waals surface area (Å²) >= 11 is 0. The van der Waals surface area contributed by atoms with Crippen LogP contribution in [0.25, 0.3) is 11.0 Å². The van der Waals surface area contributed by atoms with Gasteiger partial charge in [0.1, 0.15) is 0 Å². The molecule has 2 aliphatic heterocycles. The van der Waals surface area contributed by atoms with Crippen LogP contribution < -0.4 is 5.69 Å². The average molecular weight is 413 g/mol. The number of likely N-dealkylation sites (N-methyl/N-ethyl adjacent to an activating group) is 1. The average Bonchev–Trinajstić information content (AvgIpc) is 3.04. The van der Waals surface area contributed by atoms with Gasteiger partial charge in [-0.05, 0) is 63.7 Å². The van der Waals surface area contributed by atoms with Gasteiger partial charge in [-0.1, -0.05) is 32.9 Å². The van der Waals surface area contributed by atoms with Crippen LogP contribution in [0.4, 0.5) is 0 Å². The van der Waals surface area contributed by atoms with Gasteiger partial charge in [0.05, 0.1) is 11.0 Å². The molecular weight excluding hydrogens is 376 g/mol. The van der Waals surface area contributed by atoms with E-state index in [9.17, 15) is 9.59 Å². The monoisotopic (exact) mass is 412 g/mol. The summed E-state index contributed by atoms with van der Waals surface area (Å²) in [4.78, 5) is 32.8. The number of carbonyl (C=O) groups excluding carboxylic acids is 1. The lowest BCUT2D eigenvalue weighted by atomic mass is 9.90. The molecular formula is C24H36N4O2.